The van der Waals surface area contributed by atoms with Crippen molar-refractivity contribution >= 4 is 5.97 Å². The fourth-order valence-corrected chi connectivity index (χ4v) is 1.79. The number of aromatic nitrogens is 1. The molecule has 0 amide bonds. The van der Waals surface area contributed by atoms with Crippen LogP contribution in [0.4, 0.5) is 0 Å². The van der Waals surface area contributed by atoms with Crippen LogP contribution in [0.5, 0.6) is 0 Å². The van der Waals surface area contributed by atoms with Crippen LogP contribution in [-0.4, -0.2) is 34.6 Å². The highest BCUT2D eigenvalue weighted by atomic mass is 16.4. The molecule has 1 aliphatic heterocycles. The van der Waals surface area contributed by atoms with Crippen LogP contribution in [0, 0.1) is 0 Å². The summed E-state index contributed by atoms with van der Waals surface area (Å²) >= 11 is 0. The summed E-state index contributed by atoms with van der Waals surface area (Å²) in [7, 11) is 1.99. The van der Waals surface area contributed by atoms with Crippen molar-refractivity contribution in [3.63, 3.8) is 0 Å². The Morgan fingerprint density at radius 2 is 2.43 bits per heavy atom. The van der Waals surface area contributed by atoms with Crippen LogP contribution in [-0.2, 0) is 13.0 Å². The lowest BCUT2D eigenvalue weighted by Gasteiger charge is -2.25. The van der Waals surface area contributed by atoms with Gasteiger partial charge in [0.25, 0.3) is 0 Å². The molecule has 0 fully saturated rings. The number of carboxylic acid groups (broad SMARTS) is 1. The standard InChI is InChI=1S/C10H12N2O2/c1-12-5-3-7-2-4-11-9(10(13)14)8(7)6-12/h2,4H,3,5-6H2,1H3,(H,13,14). The van der Waals surface area contributed by atoms with Crippen molar-refractivity contribution in [2.24, 2.45) is 0 Å². The van der Waals surface area contributed by atoms with E-state index in [1.54, 1.807) is 6.20 Å². The summed E-state index contributed by atoms with van der Waals surface area (Å²) in [6, 6.07) is 1.91. The minimum Gasteiger partial charge on any atom is -0.477 e. The Morgan fingerprint density at radius 3 is 3.14 bits per heavy atom. The van der Waals surface area contributed by atoms with Gasteiger partial charge in [0.15, 0.2) is 5.69 Å². The van der Waals surface area contributed by atoms with Gasteiger partial charge in [-0.1, -0.05) is 0 Å². The maximum Gasteiger partial charge on any atom is 0.354 e. The van der Waals surface area contributed by atoms with Crippen molar-refractivity contribution in [3.8, 4) is 0 Å². The average molecular weight is 192 g/mol. The highest BCUT2D eigenvalue weighted by molar-refractivity contribution is 5.87. The van der Waals surface area contributed by atoms with Crippen LogP contribution in [0.25, 0.3) is 0 Å². The van der Waals surface area contributed by atoms with E-state index in [0.29, 0.717) is 6.54 Å². The molecular weight excluding hydrogens is 180 g/mol. The van der Waals surface area contributed by atoms with Gasteiger partial charge in [0.05, 0.1) is 0 Å². The van der Waals surface area contributed by atoms with Gasteiger partial charge in [-0.15, -0.1) is 0 Å². The van der Waals surface area contributed by atoms with Crippen LogP contribution in [0.15, 0.2) is 12.3 Å². The molecule has 4 nitrogen and oxygen atoms in total. The van der Waals surface area contributed by atoms with E-state index in [9.17, 15) is 4.79 Å². The molecule has 0 saturated heterocycles. The number of nitrogens with zero attached hydrogens (tertiary/aromatic N) is 2. The topological polar surface area (TPSA) is 53.4 Å². The Hall–Kier alpha value is -1.42. The van der Waals surface area contributed by atoms with Crippen LogP contribution >= 0.6 is 0 Å². The summed E-state index contributed by atoms with van der Waals surface area (Å²) in [5.74, 6) is -0.933. The van der Waals surface area contributed by atoms with Crippen molar-refractivity contribution in [2.45, 2.75) is 13.0 Å². The van der Waals surface area contributed by atoms with Crippen LogP contribution in [0.3, 0.4) is 0 Å². The minimum atomic E-state index is -0.933. The number of likely N-dealkylation sites (N-methyl/N-ethyl adjacent to an activating group) is 1. The smallest absolute Gasteiger partial charge is 0.354 e. The van der Waals surface area contributed by atoms with E-state index in [-0.39, 0.29) is 5.69 Å². The zero-order chi connectivity index (χ0) is 10.1. The fourth-order valence-electron chi connectivity index (χ4n) is 1.79. The Labute approximate surface area is 82.2 Å². The summed E-state index contributed by atoms with van der Waals surface area (Å²) in [6.07, 6.45) is 2.49. The lowest BCUT2D eigenvalue weighted by molar-refractivity contribution is 0.0687. The van der Waals surface area contributed by atoms with Gasteiger partial charge < -0.3 is 10.0 Å². The number of pyridine rings is 1. The second kappa shape index (κ2) is 3.38. The Morgan fingerprint density at radius 1 is 1.64 bits per heavy atom. The SMILES string of the molecule is CN1CCc2ccnc(C(=O)O)c2C1. The normalized spacial score (nSPS) is 16.4. The third-order valence-corrected chi connectivity index (χ3v) is 2.55. The summed E-state index contributed by atoms with van der Waals surface area (Å²) < 4.78 is 0. The van der Waals surface area contributed by atoms with E-state index in [1.165, 1.54) is 0 Å². The van der Waals surface area contributed by atoms with Crippen molar-refractivity contribution in [1.29, 1.82) is 0 Å². The lowest BCUT2D eigenvalue weighted by atomic mass is 9.99. The van der Waals surface area contributed by atoms with E-state index in [1.807, 2.05) is 13.1 Å². The van der Waals surface area contributed by atoms with Crippen molar-refractivity contribution in [2.75, 3.05) is 13.6 Å². The number of carboxylic acids is 1. The zero-order valence-corrected chi connectivity index (χ0v) is 8.03. The highest BCUT2D eigenvalue weighted by Gasteiger charge is 2.20. The zero-order valence-electron chi connectivity index (χ0n) is 8.03. The molecule has 0 spiro atoms. The molecule has 0 radical (unpaired) electrons. The molecule has 14 heavy (non-hydrogen) atoms. The first-order chi connectivity index (χ1) is 6.68. The number of hydrogen-bond acceptors (Lipinski definition) is 3. The van der Waals surface area contributed by atoms with E-state index in [4.69, 9.17) is 5.11 Å². The molecule has 2 rings (SSSR count). The van der Waals surface area contributed by atoms with Gasteiger partial charge in [-0.05, 0) is 25.1 Å². The quantitative estimate of drug-likeness (QED) is 0.714. The van der Waals surface area contributed by atoms with Crippen molar-refractivity contribution in [3.05, 3.63) is 29.1 Å². The molecule has 4 heteroatoms. The highest BCUT2D eigenvalue weighted by Crippen LogP contribution is 2.19. The maximum atomic E-state index is 10.9. The molecule has 0 atom stereocenters. The van der Waals surface area contributed by atoms with Crippen LogP contribution in [0.1, 0.15) is 21.6 Å². The van der Waals surface area contributed by atoms with E-state index >= 15 is 0 Å². The van der Waals surface area contributed by atoms with E-state index in [2.05, 4.69) is 9.88 Å². The summed E-state index contributed by atoms with van der Waals surface area (Å²) in [6.45, 7) is 1.67. The van der Waals surface area contributed by atoms with Gasteiger partial charge in [-0.3, -0.25) is 0 Å². The monoisotopic (exact) mass is 192 g/mol. The number of rotatable bonds is 1. The molecule has 1 aliphatic rings. The summed E-state index contributed by atoms with van der Waals surface area (Å²) in [5, 5.41) is 8.95. The Kier molecular flexibility index (Phi) is 2.21. The first kappa shape index (κ1) is 9.15. The number of hydrogen-bond donors (Lipinski definition) is 1. The molecule has 1 aromatic heterocycles. The van der Waals surface area contributed by atoms with Gasteiger partial charge in [0.1, 0.15) is 0 Å². The molecular formula is C10H12N2O2. The van der Waals surface area contributed by atoms with Crippen molar-refractivity contribution < 1.29 is 9.90 Å². The molecule has 2 heterocycles. The van der Waals surface area contributed by atoms with Gasteiger partial charge in [-0.2, -0.15) is 0 Å². The Bertz CT molecular complexity index is 376. The van der Waals surface area contributed by atoms with Crippen LogP contribution < -0.4 is 0 Å². The van der Waals surface area contributed by atoms with Gasteiger partial charge >= 0.3 is 5.97 Å². The second-order valence-electron chi connectivity index (χ2n) is 3.59. The summed E-state index contributed by atoms with van der Waals surface area (Å²) in [5.41, 5.74) is 2.19. The van der Waals surface area contributed by atoms with E-state index in [0.717, 1.165) is 24.1 Å². The first-order valence-corrected chi connectivity index (χ1v) is 4.57. The molecule has 1 N–H and O–H groups in total. The molecule has 1 aromatic rings. The van der Waals surface area contributed by atoms with Gasteiger partial charge in [0.2, 0.25) is 0 Å². The predicted octanol–water partition coefficient (Wildman–Crippen LogP) is 0.768. The number of fused-ring (bicyclic) bond motifs is 1. The second-order valence-corrected chi connectivity index (χ2v) is 3.59. The molecule has 74 valence electrons. The molecule has 0 aromatic carbocycles. The van der Waals surface area contributed by atoms with Gasteiger partial charge in [-0.25, -0.2) is 9.78 Å². The molecule has 0 aliphatic carbocycles. The number of carbonyl (C=O) groups is 1. The molecule has 0 bridgehead atoms. The minimum absolute atomic E-state index is 0.203. The predicted molar refractivity (Wildman–Crippen MR) is 51.2 cm³/mol. The molecule has 0 saturated carbocycles. The molecule has 0 unspecified atom stereocenters. The van der Waals surface area contributed by atoms with E-state index < -0.39 is 5.97 Å². The average Bonchev–Trinajstić information content (AvgIpc) is 2.16. The number of aromatic carboxylic acids is 1. The van der Waals surface area contributed by atoms with Crippen LogP contribution in [0.2, 0.25) is 0 Å². The fraction of sp³-hybridized carbons (Fsp3) is 0.400. The lowest BCUT2D eigenvalue weighted by Crippen LogP contribution is -2.28. The Balaban J connectivity index is 2.48. The summed E-state index contributed by atoms with van der Waals surface area (Å²) in [4.78, 5) is 16.9. The van der Waals surface area contributed by atoms with Gasteiger partial charge in [0, 0.05) is 24.8 Å². The maximum absolute atomic E-state index is 10.9. The first-order valence-electron chi connectivity index (χ1n) is 4.57. The van der Waals surface area contributed by atoms with Crippen molar-refractivity contribution in [1.82, 2.24) is 9.88 Å². The third kappa shape index (κ3) is 1.48. The largest absolute Gasteiger partial charge is 0.477 e. The third-order valence-electron chi connectivity index (χ3n) is 2.55.